The second kappa shape index (κ2) is 6.36. The van der Waals surface area contributed by atoms with Gasteiger partial charge in [-0.2, -0.15) is 0 Å². The summed E-state index contributed by atoms with van der Waals surface area (Å²) in [5.74, 6) is -0.198. The largest absolute Gasteiger partial charge is 0.345 e. The van der Waals surface area contributed by atoms with E-state index in [1.807, 2.05) is 6.92 Å². The van der Waals surface area contributed by atoms with E-state index in [0.717, 1.165) is 5.56 Å². The zero-order valence-corrected chi connectivity index (χ0v) is 13.4. The normalized spacial score (nSPS) is 12.9. The first-order valence-electron chi connectivity index (χ1n) is 6.41. The molecule has 1 N–H and O–H groups in total. The summed E-state index contributed by atoms with van der Waals surface area (Å²) in [4.78, 5) is 16.0. The van der Waals surface area contributed by atoms with E-state index in [4.69, 9.17) is 0 Å². The van der Waals surface area contributed by atoms with Gasteiger partial charge in [-0.05, 0) is 35.6 Å². The van der Waals surface area contributed by atoms with Crippen molar-refractivity contribution in [3.8, 4) is 0 Å². The molecule has 2 heterocycles. The molecule has 0 saturated heterocycles. The minimum Gasteiger partial charge on any atom is -0.345 e. The number of hydrogen-bond acceptors (Lipinski definition) is 5. The summed E-state index contributed by atoms with van der Waals surface area (Å²) >= 11 is 1.17. The highest BCUT2D eigenvalue weighted by atomic mass is 32.2. The summed E-state index contributed by atoms with van der Waals surface area (Å²) in [6, 6.07) is 4.69. The van der Waals surface area contributed by atoms with E-state index in [-0.39, 0.29) is 11.9 Å². The number of pyridine rings is 1. The van der Waals surface area contributed by atoms with Gasteiger partial charge in [-0.3, -0.25) is 9.78 Å². The van der Waals surface area contributed by atoms with Crippen LogP contribution >= 0.6 is 11.3 Å². The molecule has 0 bridgehead atoms. The Balaban J connectivity index is 2.17. The van der Waals surface area contributed by atoms with Gasteiger partial charge in [-0.15, -0.1) is 11.3 Å². The predicted molar refractivity (Wildman–Crippen MR) is 82.2 cm³/mol. The minimum atomic E-state index is -3.21. The number of carbonyl (C=O) groups is 1. The summed E-state index contributed by atoms with van der Waals surface area (Å²) < 4.78 is 23.3. The molecule has 2 rings (SSSR count). The topological polar surface area (TPSA) is 76.1 Å². The van der Waals surface area contributed by atoms with Crippen LogP contribution in [0.15, 0.2) is 40.2 Å². The van der Waals surface area contributed by atoms with E-state index in [9.17, 15) is 13.2 Å². The van der Waals surface area contributed by atoms with Gasteiger partial charge in [-0.25, -0.2) is 8.42 Å². The van der Waals surface area contributed by atoms with E-state index in [0.29, 0.717) is 16.2 Å². The molecule has 0 aromatic carbocycles. The lowest BCUT2D eigenvalue weighted by atomic mass is 10.1. The van der Waals surface area contributed by atoms with Crippen LogP contribution in [0.4, 0.5) is 0 Å². The smallest absolute Gasteiger partial charge is 0.251 e. The van der Waals surface area contributed by atoms with Crippen LogP contribution in [0, 0.1) is 0 Å². The highest BCUT2D eigenvalue weighted by molar-refractivity contribution is 7.92. The van der Waals surface area contributed by atoms with Crippen molar-refractivity contribution in [3.05, 3.63) is 47.1 Å². The minimum absolute atomic E-state index is 0.198. The molecule has 0 aliphatic heterocycles. The predicted octanol–water partition coefficient (Wildman–Crippen LogP) is 2.43. The molecule has 1 amide bonds. The third kappa shape index (κ3) is 3.89. The van der Waals surface area contributed by atoms with Crippen molar-refractivity contribution in [1.82, 2.24) is 10.3 Å². The zero-order valence-electron chi connectivity index (χ0n) is 11.7. The van der Waals surface area contributed by atoms with Crippen LogP contribution in [0.5, 0.6) is 0 Å². The summed E-state index contributed by atoms with van der Waals surface area (Å²) in [5, 5.41) is 4.68. The van der Waals surface area contributed by atoms with Crippen molar-refractivity contribution in [2.24, 2.45) is 0 Å². The van der Waals surface area contributed by atoms with Gasteiger partial charge in [0.05, 0.1) is 6.04 Å². The van der Waals surface area contributed by atoms with Gasteiger partial charge in [0.25, 0.3) is 5.91 Å². The van der Waals surface area contributed by atoms with Crippen molar-refractivity contribution in [2.75, 3.05) is 6.26 Å². The van der Waals surface area contributed by atoms with Crippen LogP contribution in [-0.2, 0) is 9.84 Å². The maximum Gasteiger partial charge on any atom is 0.251 e. The Morgan fingerprint density at radius 1 is 1.38 bits per heavy atom. The van der Waals surface area contributed by atoms with Crippen molar-refractivity contribution >= 4 is 27.1 Å². The highest BCUT2D eigenvalue weighted by Gasteiger charge is 2.18. The molecule has 0 unspecified atom stereocenters. The first kappa shape index (κ1) is 15.7. The molecular formula is C14H16N2O3S2. The number of carbonyl (C=O) groups excluding carboxylic acids is 1. The lowest BCUT2D eigenvalue weighted by Crippen LogP contribution is -2.27. The van der Waals surface area contributed by atoms with Gasteiger partial charge in [0, 0.05) is 24.2 Å². The third-order valence-electron chi connectivity index (χ3n) is 3.02. The Kier molecular flexibility index (Phi) is 4.74. The Bertz CT molecular complexity index is 724. The molecule has 2 aromatic rings. The van der Waals surface area contributed by atoms with E-state index >= 15 is 0 Å². The molecular weight excluding hydrogens is 308 g/mol. The van der Waals surface area contributed by atoms with Crippen LogP contribution in [0.3, 0.4) is 0 Å². The van der Waals surface area contributed by atoms with E-state index < -0.39 is 9.84 Å². The molecule has 5 nitrogen and oxygen atoms in total. The fourth-order valence-corrected chi connectivity index (χ4v) is 3.76. The Morgan fingerprint density at radius 2 is 2.05 bits per heavy atom. The van der Waals surface area contributed by atoms with Crippen LogP contribution in [0.25, 0.3) is 0 Å². The highest BCUT2D eigenvalue weighted by Crippen LogP contribution is 2.26. The van der Waals surface area contributed by atoms with Gasteiger partial charge >= 0.3 is 0 Å². The zero-order chi connectivity index (χ0) is 15.5. The first-order chi connectivity index (χ1) is 9.91. The molecule has 7 heteroatoms. The Hall–Kier alpha value is -1.73. The van der Waals surface area contributed by atoms with Crippen LogP contribution in [0.1, 0.15) is 35.3 Å². The van der Waals surface area contributed by atoms with Gasteiger partial charge in [0.2, 0.25) is 0 Å². The summed E-state index contributed by atoms with van der Waals surface area (Å²) in [7, 11) is -3.21. The van der Waals surface area contributed by atoms with Crippen molar-refractivity contribution in [2.45, 2.75) is 23.6 Å². The fraction of sp³-hybridized carbons (Fsp3) is 0.286. The number of nitrogens with one attached hydrogen (secondary N) is 1. The SMILES string of the molecule is CC[C@H](NC(=O)c1ccncc1)c1csc(S(C)(=O)=O)c1. The monoisotopic (exact) mass is 324 g/mol. The average molecular weight is 324 g/mol. The summed E-state index contributed by atoms with van der Waals surface area (Å²) in [6.07, 6.45) is 4.97. The van der Waals surface area contributed by atoms with Crippen molar-refractivity contribution < 1.29 is 13.2 Å². The Morgan fingerprint density at radius 3 is 2.57 bits per heavy atom. The van der Waals surface area contributed by atoms with E-state index in [1.165, 1.54) is 17.6 Å². The molecule has 112 valence electrons. The lowest BCUT2D eigenvalue weighted by Gasteiger charge is -2.15. The fourth-order valence-electron chi connectivity index (χ4n) is 1.87. The molecule has 0 fully saturated rings. The Labute approximate surface area is 128 Å². The van der Waals surface area contributed by atoms with Crippen LogP contribution < -0.4 is 5.32 Å². The van der Waals surface area contributed by atoms with Gasteiger partial charge < -0.3 is 5.32 Å². The molecule has 0 saturated carbocycles. The molecule has 2 aromatic heterocycles. The van der Waals surface area contributed by atoms with E-state index in [2.05, 4.69) is 10.3 Å². The molecule has 0 aliphatic carbocycles. The van der Waals surface area contributed by atoms with Gasteiger partial charge in [-0.1, -0.05) is 6.92 Å². The average Bonchev–Trinajstić information content (AvgIpc) is 2.95. The third-order valence-corrected chi connectivity index (χ3v) is 5.81. The number of hydrogen-bond donors (Lipinski definition) is 1. The van der Waals surface area contributed by atoms with Crippen LogP contribution in [-0.4, -0.2) is 25.6 Å². The molecule has 0 aliphatic rings. The van der Waals surface area contributed by atoms with Crippen LogP contribution in [0.2, 0.25) is 0 Å². The standard InChI is InChI=1S/C14H16N2O3S2/c1-3-12(11-8-13(20-9-11)21(2,18)19)16-14(17)10-4-6-15-7-5-10/h4-9,12H,3H2,1-2H3,(H,16,17)/t12-/m0/s1. The number of rotatable bonds is 5. The number of amides is 1. The van der Waals surface area contributed by atoms with Gasteiger partial charge in [0.1, 0.15) is 4.21 Å². The number of sulfone groups is 1. The molecule has 0 radical (unpaired) electrons. The summed E-state index contributed by atoms with van der Waals surface area (Å²) in [6.45, 7) is 1.94. The quantitative estimate of drug-likeness (QED) is 0.916. The van der Waals surface area contributed by atoms with Gasteiger partial charge in [0.15, 0.2) is 9.84 Å². The lowest BCUT2D eigenvalue weighted by molar-refractivity contribution is 0.0935. The second-order valence-corrected chi connectivity index (χ2v) is 7.80. The second-order valence-electron chi connectivity index (χ2n) is 4.64. The van der Waals surface area contributed by atoms with E-state index in [1.54, 1.807) is 36.0 Å². The maximum absolute atomic E-state index is 12.1. The molecule has 0 spiro atoms. The first-order valence-corrected chi connectivity index (χ1v) is 9.18. The van der Waals surface area contributed by atoms with Crippen molar-refractivity contribution in [1.29, 1.82) is 0 Å². The summed E-state index contributed by atoms with van der Waals surface area (Å²) in [5.41, 5.74) is 1.34. The molecule has 1 atom stereocenters. The number of thiophene rings is 1. The maximum atomic E-state index is 12.1. The number of nitrogens with zero attached hydrogens (tertiary/aromatic N) is 1. The number of aromatic nitrogens is 1. The molecule has 21 heavy (non-hydrogen) atoms. The van der Waals surface area contributed by atoms with Crippen molar-refractivity contribution in [3.63, 3.8) is 0 Å².